The van der Waals surface area contributed by atoms with Gasteiger partial charge in [-0.2, -0.15) is 0 Å². The molecule has 0 atom stereocenters. The predicted molar refractivity (Wildman–Crippen MR) is 102 cm³/mol. The van der Waals surface area contributed by atoms with Crippen molar-refractivity contribution in [3.63, 3.8) is 0 Å². The van der Waals surface area contributed by atoms with Gasteiger partial charge in [0.05, 0.1) is 0 Å². The van der Waals surface area contributed by atoms with Crippen LogP contribution in [-0.4, -0.2) is 22.4 Å². The molecule has 0 spiro atoms. The third-order valence-corrected chi connectivity index (χ3v) is 4.14. The van der Waals surface area contributed by atoms with E-state index in [-0.39, 0.29) is 5.91 Å². The third kappa shape index (κ3) is 3.21. The minimum absolute atomic E-state index is 0.0713. The van der Waals surface area contributed by atoms with Crippen LogP contribution in [0.4, 0.5) is 11.5 Å². The van der Waals surface area contributed by atoms with Crippen molar-refractivity contribution in [2.75, 3.05) is 17.2 Å². The van der Waals surface area contributed by atoms with Gasteiger partial charge in [-0.15, -0.1) is 0 Å². The Morgan fingerprint density at radius 2 is 1.88 bits per heavy atom. The van der Waals surface area contributed by atoms with Crippen molar-refractivity contribution < 1.29 is 9.21 Å². The number of aromatic nitrogens is 2. The van der Waals surface area contributed by atoms with Crippen LogP contribution in [0.1, 0.15) is 12.5 Å². The van der Waals surface area contributed by atoms with E-state index in [9.17, 15) is 4.79 Å². The molecule has 6 nitrogen and oxygen atoms in total. The Morgan fingerprint density at radius 1 is 1.08 bits per heavy atom. The smallest absolute Gasteiger partial charge is 0.221 e. The summed E-state index contributed by atoms with van der Waals surface area (Å²) < 4.78 is 5.91. The second kappa shape index (κ2) is 6.84. The number of para-hydroxylation sites is 1. The molecule has 1 amide bonds. The third-order valence-electron chi connectivity index (χ3n) is 4.14. The van der Waals surface area contributed by atoms with E-state index in [2.05, 4.69) is 20.6 Å². The maximum absolute atomic E-state index is 11.1. The topological polar surface area (TPSA) is 80.0 Å². The first-order chi connectivity index (χ1) is 12.7. The van der Waals surface area contributed by atoms with E-state index < -0.39 is 0 Å². The minimum Gasteiger partial charge on any atom is -0.450 e. The van der Waals surface area contributed by atoms with Crippen LogP contribution in [-0.2, 0) is 11.2 Å². The second-order valence-corrected chi connectivity index (χ2v) is 6.05. The summed E-state index contributed by atoms with van der Waals surface area (Å²) in [6, 6.07) is 15.6. The van der Waals surface area contributed by atoms with Crippen LogP contribution in [0.2, 0.25) is 0 Å². The number of nitrogens with zero attached hydrogens (tertiary/aromatic N) is 2. The molecule has 2 aromatic heterocycles. The summed E-state index contributed by atoms with van der Waals surface area (Å²) in [5.74, 6) is 0.624. The van der Waals surface area contributed by atoms with Crippen molar-refractivity contribution in [3.8, 4) is 0 Å². The number of carbonyl (C=O) groups is 1. The molecule has 26 heavy (non-hydrogen) atoms. The number of nitrogens with one attached hydrogen (secondary N) is 2. The van der Waals surface area contributed by atoms with Crippen molar-refractivity contribution in [2.45, 2.75) is 13.3 Å². The lowest BCUT2D eigenvalue weighted by atomic mass is 10.1. The summed E-state index contributed by atoms with van der Waals surface area (Å²) in [5, 5.41) is 7.08. The molecule has 0 aliphatic rings. The molecule has 2 aromatic carbocycles. The van der Waals surface area contributed by atoms with Crippen molar-refractivity contribution in [1.29, 1.82) is 0 Å². The van der Waals surface area contributed by atoms with Crippen molar-refractivity contribution in [3.05, 3.63) is 60.4 Å². The number of hydrogen-bond donors (Lipinski definition) is 2. The van der Waals surface area contributed by atoms with Crippen LogP contribution in [0, 0.1) is 0 Å². The zero-order valence-electron chi connectivity index (χ0n) is 14.3. The van der Waals surface area contributed by atoms with Gasteiger partial charge in [0, 0.05) is 24.5 Å². The van der Waals surface area contributed by atoms with Gasteiger partial charge in [0.15, 0.2) is 11.4 Å². The summed E-state index contributed by atoms with van der Waals surface area (Å²) in [6.45, 7) is 2.21. The quantitative estimate of drug-likeness (QED) is 0.571. The summed E-state index contributed by atoms with van der Waals surface area (Å²) in [6.07, 6.45) is 2.38. The number of furan rings is 1. The predicted octanol–water partition coefficient (Wildman–Crippen LogP) is 3.99. The van der Waals surface area contributed by atoms with Gasteiger partial charge in [-0.05, 0) is 36.2 Å². The van der Waals surface area contributed by atoms with E-state index in [1.807, 2.05) is 48.5 Å². The fraction of sp³-hybridized carbons (Fsp3) is 0.150. The SMILES string of the molecule is CC(=O)Nc1ccc(CCNc2ncnc3c2oc2ccccc23)cc1. The molecule has 0 aliphatic heterocycles. The van der Waals surface area contributed by atoms with Gasteiger partial charge in [0.2, 0.25) is 5.91 Å². The molecule has 2 N–H and O–H groups in total. The molecule has 0 aliphatic carbocycles. The van der Waals surface area contributed by atoms with Gasteiger partial charge in [-0.3, -0.25) is 4.79 Å². The molecule has 0 unspecified atom stereocenters. The Labute approximate surface area is 150 Å². The van der Waals surface area contributed by atoms with Crippen molar-refractivity contribution in [1.82, 2.24) is 9.97 Å². The summed E-state index contributed by atoms with van der Waals surface area (Å²) in [7, 11) is 0. The lowest BCUT2D eigenvalue weighted by Crippen LogP contribution is -2.08. The van der Waals surface area contributed by atoms with E-state index in [4.69, 9.17) is 4.42 Å². The van der Waals surface area contributed by atoms with E-state index in [1.165, 1.54) is 12.5 Å². The van der Waals surface area contributed by atoms with Crippen LogP contribution in [0.25, 0.3) is 22.1 Å². The van der Waals surface area contributed by atoms with Crippen LogP contribution < -0.4 is 10.6 Å². The Bertz CT molecular complexity index is 1070. The van der Waals surface area contributed by atoms with Gasteiger partial charge >= 0.3 is 0 Å². The monoisotopic (exact) mass is 346 g/mol. The maximum Gasteiger partial charge on any atom is 0.221 e. The van der Waals surface area contributed by atoms with Crippen LogP contribution >= 0.6 is 0 Å². The lowest BCUT2D eigenvalue weighted by molar-refractivity contribution is -0.114. The van der Waals surface area contributed by atoms with Gasteiger partial charge in [0.1, 0.15) is 17.4 Å². The van der Waals surface area contributed by atoms with Gasteiger partial charge in [0.25, 0.3) is 0 Å². The lowest BCUT2D eigenvalue weighted by Gasteiger charge is -2.07. The zero-order valence-corrected chi connectivity index (χ0v) is 14.3. The normalized spacial score (nSPS) is 11.0. The molecule has 0 radical (unpaired) electrons. The molecule has 0 fully saturated rings. The van der Waals surface area contributed by atoms with Crippen molar-refractivity contribution >= 4 is 39.5 Å². The number of anilines is 2. The highest BCUT2D eigenvalue weighted by Gasteiger charge is 2.12. The molecular weight excluding hydrogens is 328 g/mol. The maximum atomic E-state index is 11.1. The van der Waals surface area contributed by atoms with Crippen LogP contribution in [0.5, 0.6) is 0 Å². The second-order valence-electron chi connectivity index (χ2n) is 6.05. The molecule has 4 aromatic rings. The molecule has 0 bridgehead atoms. The Balaban J connectivity index is 1.47. The number of amides is 1. The standard InChI is InChI=1S/C20H18N4O2/c1-13(25)24-15-8-6-14(7-9-15)10-11-21-20-19-18(22-12-23-20)16-4-2-3-5-17(16)26-19/h2-9,12H,10-11H2,1H3,(H,24,25)(H,21,22,23). The molecule has 6 heteroatoms. The largest absolute Gasteiger partial charge is 0.450 e. The number of hydrogen-bond acceptors (Lipinski definition) is 5. The first kappa shape index (κ1) is 16.1. The summed E-state index contributed by atoms with van der Waals surface area (Å²) in [4.78, 5) is 19.7. The number of benzene rings is 2. The molecule has 130 valence electrons. The average Bonchev–Trinajstić information content (AvgIpc) is 3.02. The highest BCUT2D eigenvalue weighted by Crippen LogP contribution is 2.30. The van der Waals surface area contributed by atoms with E-state index >= 15 is 0 Å². The number of carbonyl (C=O) groups excluding carboxylic acids is 1. The average molecular weight is 346 g/mol. The first-order valence-corrected chi connectivity index (χ1v) is 8.43. The molecule has 0 saturated heterocycles. The number of rotatable bonds is 5. The van der Waals surface area contributed by atoms with Crippen molar-refractivity contribution in [2.24, 2.45) is 0 Å². The molecule has 4 rings (SSSR count). The number of fused-ring (bicyclic) bond motifs is 3. The fourth-order valence-electron chi connectivity index (χ4n) is 2.93. The van der Waals surface area contributed by atoms with E-state index in [1.54, 1.807) is 6.33 Å². The minimum atomic E-state index is -0.0713. The Hall–Kier alpha value is -3.41. The Kier molecular flexibility index (Phi) is 4.23. The van der Waals surface area contributed by atoms with Gasteiger partial charge in [-0.1, -0.05) is 24.3 Å². The van der Waals surface area contributed by atoms with E-state index in [0.29, 0.717) is 17.9 Å². The summed E-state index contributed by atoms with van der Waals surface area (Å²) >= 11 is 0. The summed E-state index contributed by atoms with van der Waals surface area (Å²) in [5.41, 5.74) is 4.27. The van der Waals surface area contributed by atoms with E-state index in [0.717, 1.165) is 28.6 Å². The fourth-order valence-corrected chi connectivity index (χ4v) is 2.93. The molecule has 0 saturated carbocycles. The zero-order chi connectivity index (χ0) is 17.9. The Morgan fingerprint density at radius 3 is 2.69 bits per heavy atom. The highest BCUT2D eigenvalue weighted by atomic mass is 16.3. The van der Waals surface area contributed by atoms with Gasteiger partial charge in [-0.25, -0.2) is 9.97 Å². The first-order valence-electron chi connectivity index (χ1n) is 8.43. The van der Waals surface area contributed by atoms with Gasteiger partial charge < -0.3 is 15.1 Å². The molecule has 2 heterocycles. The van der Waals surface area contributed by atoms with Crippen LogP contribution in [0.15, 0.2) is 59.3 Å². The highest BCUT2D eigenvalue weighted by molar-refractivity contribution is 6.05. The van der Waals surface area contributed by atoms with Crippen LogP contribution in [0.3, 0.4) is 0 Å². The molecular formula is C20H18N4O2.